The second-order valence-electron chi connectivity index (χ2n) is 5.29. The maximum atomic E-state index is 3.41. The van der Waals surface area contributed by atoms with E-state index in [9.17, 15) is 0 Å². The van der Waals surface area contributed by atoms with E-state index < -0.39 is 0 Å². The standard InChI is InChI=1S/C14H25NS/c1-5-15-10-9-14(3,4)8-6-13-12(2)7-11-16-13/h7,11,15H,5-6,8-10H2,1-4H3. The summed E-state index contributed by atoms with van der Waals surface area (Å²) >= 11 is 1.90. The fourth-order valence-electron chi connectivity index (χ4n) is 1.84. The van der Waals surface area contributed by atoms with E-state index in [-0.39, 0.29) is 0 Å². The Balaban J connectivity index is 2.33. The van der Waals surface area contributed by atoms with Gasteiger partial charge in [0.25, 0.3) is 0 Å². The summed E-state index contributed by atoms with van der Waals surface area (Å²) in [6.07, 6.45) is 3.80. The monoisotopic (exact) mass is 239 g/mol. The van der Waals surface area contributed by atoms with Gasteiger partial charge in [0.05, 0.1) is 0 Å². The highest BCUT2D eigenvalue weighted by atomic mass is 32.1. The summed E-state index contributed by atoms with van der Waals surface area (Å²) in [4.78, 5) is 1.57. The Labute approximate surface area is 104 Å². The summed E-state index contributed by atoms with van der Waals surface area (Å²) in [7, 11) is 0. The SMILES string of the molecule is CCNCCC(C)(C)CCc1sccc1C. The second kappa shape index (κ2) is 6.41. The molecule has 1 N–H and O–H groups in total. The summed E-state index contributed by atoms with van der Waals surface area (Å²) in [5, 5.41) is 5.62. The molecule has 0 saturated heterocycles. The molecule has 92 valence electrons. The number of hydrogen-bond acceptors (Lipinski definition) is 2. The molecule has 1 rings (SSSR count). The van der Waals surface area contributed by atoms with Crippen molar-refractivity contribution >= 4 is 11.3 Å². The van der Waals surface area contributed by atoms with E-state index in [1.807, 2.05) is 11.3 Å². The Kier molecular flexibility index (Phi) is 5.50. The molecule has 0 unspecified atom stereocenters. The van der Waals surface area contributed by atoms with Gasteiger partial charge in [-0.25, -0.2) is 0 Å². The molecule has 0 bridgehead atoms. The molecule has 0 radical (unpaired) electrons. The van der Waals surface area contributed by atoms with Crippen LogP contribution in [0.25, 0.3) is 0 Å². The van der Waals surface area contributed by atoms with Crippen LogP contribution in [0.5, 0.6) is 0 Å². The van der Waals surface area contributed by atoms with Crippen LogP contribution in [-0.4, -0.2) is 13.1 Å². The first-order valence-corrected chi connectivity index (χ1v) is 7.17. The van der Waals surface area contributed by atoms with Gasteiger partial charge in [0.15, 0.2) is 0 Å². The molecule has 1 aromatic rings. The first-order valence-electron chi connectivity index (χ1n) is 6.29. The summed E-state index contributed by atoms with van der Waals surface area (Å²) in [6, 6.07) is 2.23. The largest absolute Gasteiger partial charge is 0.317 e. The Morgan fingerprint density at radius 2 is 2.06 bits per heavy atom. The maximum absolute atomic E-state index is 3.41. The average Bonchev–Trinajstić information content (AvgIpc) is 2.62. The molecule has 1 nitrogen and oxygen atoms in total. The molecule has 0 aliphatic rings. The van der Waals surface area contributed by atoms with E-state index in [1.54, 1.807) is 4.88 Å². The van der Waals surface area contributed by atoms with Gasteiger partial charge in [-0.2, -0.15) is 0 Å². The molecular formula is C14H25NS. The van der Waals surface area contributed by atoms with Crippen LogP contribution in [0.2, 0.25) is 0 Å². The maximum Gasteiger partial charge on any atom is 0.00746 e. The van der Waals surface area contributed by atoms with Crippen molar-refractivity contribution in [1.29, 1.82) is 0 Å². The topological polar surface area (TPSA) is 12.0 Å². The number of rotatable bonds is 7. The van der Waals surface area contributed by atoms with Crippen molar-refractivity contribution in [3.05, 3.63) is 21.9 Å². The highest BCUT2D eigenvalue weighted by Crippen LogP contribution is 2.28. The summed E-state index contributed by atoms with van der Waals surface area (Å²) in [6.45, 7) is 11.4. The lowest BCUT2D eigenvalue weighted by Gasteiger charge is -2.24. The third-order valence-corrected chi connectivity index (χ3v) is 4.31. The summed E-state index contributed by atoms with van der Waals surface area (Å²) < 4.78 is 0. The number of nitrogens with one attached hydrogen (secondary N) is 1. The predicted molar refractivity (Wildman–Crippen MR) is 74.3 cm³/mol. The highest BCUT2D eigenvalue weighted by molar-refractivity contribution is 7.10. The van der Waals surface area contributed by atoms with Gasteiger partial charge in [0, 0.05) is 4.88 Å². The fourth-order valence-corrected chi connectivity index (χ4v) is 2.75. The smallest absolute Gasteiger partial charge is 0.00746 e. The fraction of sp³-hybridized carbons (Fsp3) is 0.714. The van der Waals surface area contributed by atoms with Gasteiger partial charge >= 0.3 is 0 Å². The lowest BCUT2D eigenvalue weighted by molar-refractivity contribution is 0.304. The van der Waals surface area contributed by atoms with Gasteiger partial charge in [-0.1, -0.05) is 20.8 Å². The summed E-state index contributed by atoms with van der Waals surface area (Å²) in [5.41, 5.74) is 1.92. The molecule has 0 amide bonds. The minimum atomic E-state index is 0.457. The summed E-state index contributed by atoms with van der Waals surface area (Å²) in [5.74, 6) is 0. The second-order valence-corrected chi connectivity index (χ2v) is 6.30. The third-order valence-electron chi connectivity index (χ3n) is 3.23. The van der Waals surface area contributed by atoms with Gasteiger partial charge in [-0.3, -0.25) is 0 Å². The van der Waals surface area contributed by atoms with Crippen LogP contribution in [0.1, 0.15) is 44.1 Å². The molecule has 1 aromatic heterocycles. The minimum Gasteiger partial charge on any atom is -0.317 e. The third kappa shape index (κ3) is 4.67. The molecule has 0 fully saturated rings. The first-order chi connectivity index (χ1) is 7.55. The Morgan fingerprint density at radius 1 is 1.31 bits per heavy atom. The normalized spacial score (nSPS) is 12.0. The lowest BCUT2D eigenvalue weighted by atomic mass is 9.84. The zero-order valence-corrected chi connectivity index (χ0v) is 11.9. The Bertz CT molecular complexity index is 301. The van der Waals surface area contributed by atoms with E-state index in [2.05, 4.69) is 44.5 Å². The van der Waals surface area contributed by atoms with Crippen LogP contribution in [0.4, 0.5) is 0 Å². The van der Waals surface area contributed by atoms with Crippen molar-refractivity contribution in [2.24, 2.45) is 5.41 Å². The van der Waals surface area contributed by atoms with Gasteiger partial charge in [0.2, 0.25) is 0 Å². The number of hydrogen-bond donors (Lipinski definition) is 1. The number of thiophene rings is 1. The van der Waals surface area contributed by atoms with Crippen molar-refractivity contribution < 1.29 is 0 Å². The van der Waals surface area contributed by atoms with E-state index in [0.717, 1.165) is 13.1 Å². The van der Waals surface area contributed by atoms with Gasteiger partial charge in [0.1, 0.15) is 0 Å². The first kappa shape index (κ1) is 13.7. The van der Waals surface area contributed by atoms with Crippen LogP contribution < -0.4 is 5.32 Å². The van der Waals surface area contributed by atoms with Gasteiger partial charge in [-0.15, -0.1) is 11.3 Å². The zero-order chi connectivity index (χ0) is 12.0. The molecular weight excluding hydrogens is 214 g/mol. The minimum absolute atomic E-state index is 0.457. The molecule has 16 heavy (non-hydrogen) atoms. The van der Waals surface area contributed by atoms with Crippen molar-refractivity contribution in [2.45, 2.75) is 47.0 Å². The molecule has 0 aromatic carbocycles. The Morgan fingerprint density at radius 3 is 2.62 bits per heavy atom. The van der Waals surface area contributed by atoms with Crippen LogP contribution >= 0.6 is 11.3 Å². The van der Waals surface area contributed by atoms with Crippen LogP contribution in [0, 0.1) is 12.3 Å². The van der Waals surface area contributed by atoms with Crippen LogP contribution in [0.15, 0.2) is 11.4 Å². The molecule has 0 spiro atoms. The van der Waals surface area contributed by atoms with Crippen molar-refractivity contribution in [1.82, 2.24) is 5.32 Å². The number of aryl methyl sites for hydroxylation is 2. The van der Waals surface area contributed by atoms with Crippen LogP contribution in [-0.2, 0) is 6.42 Å². The molecule has 0 saturated carbocycles. The van der Waals surface area contributed by atoms with Crippen molar-refractivity contribution in [3.8, 4) is 0 Å². The highest BCUT2D eigenvalue weighted by Gasteiger charge is 2.17. The van der Waals surface area contributed by atoms with Crippen molar-refractivity contribution in [2.75, 3.05) is 13.1 Å². The van der Waals surface area contributed by atoms with E-state index in [0.29, 0.717) is 5.41 Å². The molecule has 0 aliphatic heterocycles. The van der Waals surface area contributed by atoms with E-state index in [1.165, 1.54) is 24.8 Å². The molecule has 2 heteroatoms. The van der Waals surface area contributed by atoms with Crippen molar-refractivity contribution in [3.63, 3.8) is 0 Å². The van der Waals surface area contributed by atoms with Gasteiger partial charge in [-0.05, 0) is 61.7 Å². The average molecular weight is 239 g/mol. The molecule has 0 atom stereocenters. The van der Waals surface area contributed by atoms with Crippen LogP contribution in [0.3, 0.4) is 0 Å². The Hall–Kier alpha value is -0.340. The van der Waals surface area contributed by atoms with E-state index in [4.69, 9.17) is 0 Å². The zero-order valence-electron chi connectivity index (χ0n) is 11.1. The van der Waals surface area contributed by atoms with E-state index >= 15 is 0 Å². The quantitative estimate of drug-likeness (QED) is 0.709. The van der Waals surface area contributed by atoms with Gasteiger partial charge < -0.3 is 5.32 Å². The molecule has 0 aliphatic carbocycles. The molecule has 1 heterocycles. The lowest BCUT2D eigenvalue weighted by Crippen LogP contribution is -2.22. The predicted octanol–water partition coefficient (Wildman–Crippen LogP) is 4.01.